The van der Waals surface area contributed by atoms with E-state index in [1.165, 1.54) is 0 Å². The van der Waals surface area contributed by atoms with E-state index in [-0.39, 0.29) is 17.4 Å². The van der Waals surface area contributed by atoms with Gasteiger partial charge in [-0.25, -0.2) is 4.39 Å². The number of hydrogen-bond donors (Lipinski definition) is 2. The summed E-state index contributed by atoms with van der Waals surface area (Å²) in [6.07, 6.45) is 1.91. The molecule has 0 aliphatic heterocycles. The van der Waals surface area contributed by atoms with Crippen molar-refractivity contribution in [1.29, 1.82) is 0 Å². The summed E-state index contributed by atoms with van der Waals surface area (Å²) >= 11 is 0. The summed E-state index contributed by atoms with van der Waals surface area (Å²) in [5.41, 5.74) is 4.69. The lowest BCUT2D eigenvalue weighted by molar-refractivity contribution is 0.0486. The van der Waals surface area contributed by atoms with Gasteiger partial charge in [0.25, 0.3) is 0 Å². The first-order chi connectivity index (χ1) is 9.98. The molecule has 1 rings (SSSR count). The SMILES string of the molecule is CCN(CC)C(CC)(CC)C(NN)c1cc(C)cc(F)c1. The quantitative estimate of drug-likeness (QED) is 0.569. The summed E-state index contributed by atoms with van der Waals surface area (Å²) in [5, 5.41) is 0. The van der Waals surface area contributed by atoms with E-state index in [0.29, 0.717) is 0 Å². The van der Waals surface area contributed by atoms with Gasteiger partial charge >= 0.3 is 0 Å². The highest BCUT2D eigenvalue weighted by molar-refractivity contribution is 5.29. The Morgan fingerprint density at radius 3 is 2.10 bits per heavy atom. The van der Waals surface area contributed by atoms with Gasteiger partial charge in [-0.3, -0.25) is 16.2 Å². The van der Waals surface area contributed by atoms with Crippen molar-refractivity contribution in [2.45, 2.75) is 59.0 Å². The van der Waals surface area contributed by atoms with Crippen molar-refractivity contribution < 1.29 is 4.39 Å². The fourth-order valence-corrected chi connectivity index (χ4v) is 3.63. The Labute approximate surface area is 128 Å². The molecule has 3 N–H and O–H groups in total. The summed E-state index contributed by atoms with van der Waals surface area (Å²) in [6.45, 7) is 12.5. The van der Waals surface area contributed by atoms with Crippen LogP contribution in [0.3, 0.4) is 0 Å². The second-order valence-electron chi connectivity index (χ2n) is 5.64. The molecule has 0 bridgehead atoms. The van der Waals surface area contributed by atoms with Gasteiger partial charge in [-0.05, 0) is 56.1 Å². The number of hydrazine groups is 1. The third-order valence-corrected chi connectivity index (χ3v) is 4.72. The van der Waals surface area contributed by atoms with E-state index in [9.17, 15) is 4.39 Å². The molecule has 1 unspecified atom stereocenters. The molecule has 0 saturated carbocycles. The zero-order valence-corrected chi connectivity index (χ0v) is 14.0. The predicted molar refractivity (Wildman–Crippen MR) is 87.4 cm³/mol. The van der Waals surface area contributed by atoms with Crippen LogP contribution in [0.15, 0.2) is 18.2 Å². The second kappa shape index (κ2) is 7.87. The van der Waals surface area contributed by atoms with Crippen LogP contribution in [-0.2, 0) is 0 Å². The Hall–Kier alpha value is -0.970. The molecule has 0 amide bonds. The van der Waals surface area contributed by atoms with E-state index in [2.05, 4.69) is 38.0 Å². The van der Waals surface area contributed by atoms with Gasteiger partial charge in [-0.15, -0.1) is 0 Å². The molecule has 1 aromatic carbocycles. The van der Waals surface area contributed by atoms with Gasteiger partial charge < -0.3 is 0 Å². The third kappa shape index (κ3) is 3.62. The number of aryl methyl sites for hydroxylation is 1. The Balaban J connectivity index is 3.36. The van der Waals surface area contributed by atoms with Crippen LogP contribution in [0.2, 0.25) is 0 Å². The lowest BCUT2D eigenvalue weighted by Gasteiger charge is -2.48. The molecular weight excluding hydrogens is 265 g/mol. The van der Waals surface area contributed by atoms with Crippen molar-refractivity contribution in [3.8, 4) is 0 Å². The van der Waals surface area contributed by atoms with E-state index < -0.39 is 0 Å². The number of nitrogens with one attached hydrogen (secondary N) is 1. The maximum atomic E-state index is 13.8. The first-order valence-corrected chi connectivity index (χ1v) is 7.97. The molecular formula is C17H30FN3. The predicted octanol–water partition coefficient (Wildman–Crippen LogP) is 3.54. The number of halogens is 1. The average Bonchev–Trinajstić information content (AvgIpc) is 2.46. The Morgan fingerprint density at radius 1 is 1.14 bits per heavy atom. The number of benzene rings is 1. The van der Waals surface area contributed by atoms with Crippen molar-refractivity contribution >= 4 is 0 Å². The molecule has 0 aromatic heterocycles. The molecule has 0 aliphatic rings. The lowest BCUT2D eigenvalue weighted by Crippen LogP contribution is -2.57. The molecule has 0 heterocycles. The number of nitrogens with two attached hydrogens (primary N) is 1. The Morgan fingerprint density at radius 2 is 1.71 bits per heavy atom. The first kappa shape index (κ1) is 18.1. The van der Waals surface area contributed by atoms with E-state index in [0.717, 1.165) is 37.1 Å². The Kier molecular flexibility index (Phi) is 6.78. The van der Waals surface area contributed by atoms with Crippen molar-refractivity contribution in [3.63, 3.8) is 0 Å². The van der Waals surface area contributed by atoms with E-state index in [1.807, 2.05) is 13.0 Å². The van der Waals surface area contributed by atoms with Crippen LogP contribution in [0.5, 0.6) is 0 Å². The fraction of sp³-hybridized carbons (Fsp3) is 0.647. The van der Waals surface area contributed by atoms with Crippen LogP contribution < -0.4 is 11.3 Å². The van der Waals surface area contributed by atoms with Crippen LogP contribution in [0, 0.1) is 12.7 Å². The molecule has 1 atom stereocenters. The van der Waals surface area contributed by atoms with E-state index in [1.54, 1.807) is 12.1 Å². The zero-order valence-electron chi connectivity index (χ0n) is 14.0. The van der Waals surface area contributed by atoms with Crippen molar-refractivity contribution in [1.82, 2.24) is 10.3 Å². The molecule has 0 aliphatic carbocycles. The minimum absolute atomic E-state index is 0.0956. The van der Waals surface area contributed by atoms with Gasteiger partial charge in [0.1, 0.15) is 5.82 Å². The molecule has 21 heavy (non-hydrogen) atoms. The normalized spacial score (nSPS) is 13.7. The largest absolute Gasteiger partial charge is 0.296 e. The zero-order chi connectivity index (χ0) is 16.0. The van der Waals surface area contributed by atoms with Gasteiger partial charge in [0.15, 0.2) is 0 Å². The van der Waals surface area contributed by atoms with Gasteiger partial charge in [0, 0.05) is 5.54 Å². The van der Waals surface area contributed by atoms with E-state index in [4.69, 9.17) is 5.84 Å². The monoisotopic (exact) mass is 295 g/mol. The summed E-state index contributed by atoms with van der Waals surface area (Å²) in [5.74, 6) is 5.69. The molecule has 0 fully saturated rings. The second-order valence-corrected chi connectivity index (χ2v) is 5.64. The first-order valence-electron chi connectivity index (χ1n) is 7.97. The molecule has 1 aromatic rings. The fourth-order valence-electron chi connectivity index (χ4n) is 3.63. The smallest absolute Gasteiger partial charge is 0.123 e. The maximum Gasteiger partial charge on any atom is 0.123 e. The third-order valence-electron chi connectivity index (χ3n) is 4.72. The maximum absolute atomic E-state index is 13.8. The van der Waals surface area contributed by atoms with Gasteiger partial charge in [-0.2, -0.15) is 0 Å². The summed E-state index contributed by atoms with van der Waals surface area (Å²) in [6, 6.07) is 5.08. The van der Waals surface area contributed by atoms with Crippen LogP contribution in [0.25, 0.3) is 0 Å². The number of nitrogens with zero attached hydrogens (tertiary/aromatic N) is 1. The number of likely N-dealkylation sites (N-methyl/N-ethyl adjacent to an activating group) is 1. The van der Waals surface area contributed by atoms with Crippen molar-refractivity contribution in [2.24, 2.45) is 5.84 Å². The van der Waals surface area contributed by atoms with Gasteiger partial charge in [0.05, 0.1) is 6.04 Å². The van der Waals surface area contributed by atoms with Crippen LogP contribution in [0.1, 0.15) is 57.7 Å². The standard InChI is InChI=1S/C17H30FN3/c1-6-17(7-2,21(8-3)9-4)16(20-19)14-10-13(5)11-15(18)12-14/h10-12,16,20H,6-9,19H2,1-5H3. The molecule has 0 radical (unpaired) electrons. The lowest BCUT2D eigenvalue weighted by atomic mass is 9.79. The van der Waals surface area contributed by atoms with E-state index >= 15 is 0 Å². The molecule has 3 nitrogen and oxygen atoms in total. The van der Waals surface area contributed by atoms with Crippen LogP contribution in [-0.4, -0.2) is 23.5 Å². The van der Waals surface area contributed by atoms with Gasteiger partial charge in [0.2, 0.25) is 0 Å². The summed E-state index contributed by atoms with van der Waals surface area (Å²) in [4.78, 5) is 2.43. The number of hydrogen-bond acceptors (Lipinski definition) is 3. The highest BCUT2D eigenvalue weighted by atomic mass is 19.1. The van der Waals surface area contributed by atoms with Gasteiger partial charge in [-0.1, -0.05) is 33.8 Å². The summed E-state index contributed by atoms with van der Waals surface area (Å²) in [7, 11) is 0. The van der Waals surface area contributed by atoms with Crippen molar-refractivity contribution in [3.05, 3.63) is 35.1 Å². The highest BCUT2D eigenvalue weighted by Gasteiger charge is 2.40. The molecule has 120 valence electrons. The number of rotatable bonds is 8. The van der Waals surface area contributed by atoms with Crippen LogP contribution in [0.4, 0.5) is 4.39 Å². The van der Waals surface area contributed by atoms with Crippen LogP contribution >= 0.6 is 0 Å². The molecule has 0 saturated heterocycles. The summed E-state index contributed by atoms with van der Waals surface area (Å²) < 4.78 is 13.8. The minimum Gasteiger partial charge on any atom is -0.296 e. The average molecular weight is 295 g/mol. The Bertz CT molecular complexity index is 419. The molecule has 0 spiro atoms. The molecule has 4 heteroatoms. The topological polar surface area (TPSA) is 41.3 Å². The minimum atomic E-state index is -0.203. The highest BCUT2D eigenvalue weighted by Crippen LogP contribution is 2.37. The van der Waals surface area contributed by atoms with Crippen molar-refractivity contribution in [2.75, 3.05) is 13.1 Å².